The lowest BCUT2D eigenvalue weighted by Gasteiger charge is -2.32. The van der Waals surface area contributed by atoms with Crippen molar-refractivity contribution in [3.05, 3.63) is 11.9 Å². The van der Waals surface area contributed by atoms with E-state index in [0.717, 1.165) is 32.0 Å². The van der Waals surface area contributed by atoms with Crippen LogP contribution in [-0.4, -0.2) is 59.7 Å². The van der Waals surface area contributed by atoms with Crippen LogP contribution in [0.5, 0.6) is 0 Å². The molecule has 1 aliphatic heterocycles. The summed E-state index contributed by atoms with van der Waals surface area (Å²) in [6, 6.07) is 1.74. The van der Waals surface area contributed by atoms with Crippen LogP contribution in [0.15, 0.2) is 6.07 Å². The standard InChI is InChI=1S/C12H22N6O/c1-3-19-9-12-14-10(13)8-11(15-12)16-18-6-4-17(2)5-7-18/h8H,3-7,9H2,1-2H3,(H3,13,14,15,16). The lowest BCUT2D eigenvalue weighted by Crippen LogP contribution is -2.47. The molecule has 0 radical (unpaired) electrons. The molecule has 0 bridgehead atoms. The molecule has 0 saturated carbocycles. The first-order valence-corrected chi connectivity index (χ1v) is 6.58. The number of anilines is 2. The van der Waals surface area contributed by atoms with Crippen molar-refractivity contribution in [2.45, 2.75) is 13.5 Å². The maximum absolute atomic E-state index is 5.78. The van der Waals surface area contributed by atoms with Crippen molar-refractivity contribution >= 4 is 11.6 Å². The number of hydrogen-bond donors (Lipinski definition) is 2. The highest BCUT2D eigenvalue weighted by molar-refractivity contribution is 5.43. The summed E-state index contributed by atoms with van der Waals surface area (Å²) in [5.41, 5.74) is 9.06. The lowest BCUT2D eigenvalue weighted by molar-refractivity contribution is 0.128. The Morgan fingerprint density at radius 1 is 1.32 bits per heavy atom. The Balaban J connectivity index is 1.97. The van der Waals surface area contributed by atoms with E-state index in [1.54, 1.807) is 6.07 Å². The summed E-state index contributed by atoms with van der Waals surface area (Å²) in [6.07, 6.45) is 0. The van der Waals surface area contributed by atoms with Crippen molar-refractivity contribution in [3.8, 4) is 0 Å². The Hall–Kier alpha value is -1.44. The Kier molecular flexibility index (Phi) is 4.89. The van der Waals surface area contributed by atoms with E-state index in [0.29, 0.717) is 24.9 Å². The van der Waals surface area contributed by atoms with Gasteiger partial charge < -0.3 is 20.8 Å². The quantitative estimate of drug-likeness (QED) is 0.786. The van der Waals surface area contributed by atoms with Crippen LogP contribution in [0.1, 0.15) is 12.7 Å². The van der Waals surface area contributed by atoms with Gasteiger partial charge in [-0.1, -0.05) is 0 Å². The van der Waals surface area contributed by atoms with Crippen LogP contribution < -0.4 is 11.2 Å². The van der Waals surface area contributed by atoms with Crippen molar-refractivity contribution in [1.29, 1.82) is 0 Å². The third-order valence-electron chi connectivity index (χ3n) is 3.00. The Morgan fingerprint density at radius 3 is 2.74 bits per heavy atom. The number of likely N-dealkylation sites (N-methyl/N-ethyl adjacent to an activating group) is 1. The monoisotopic (exact) mass is 266 g/mol. The fourth-order valence-corrected chi connectivity index (χ4v) is 1.91. The van der Waals surface area contributed by atoms with E-state index in [9.17, 15) is 0 Å². The third-order valence-corrected chi connectivity index (χ3v) is 3.00. The van der Waals surface area contributed by atoms with E-state index in [4.69, 9.17) is 10.5 Å². The van der Waals surface area contributed by atoms with E-state index in [-0.39, 0.29) is 0 Å². The second-order valence-corrected chi connectivity index (χ2v) is 4.63. The molecular formula is C12H22N6O. The Labute approximate surface area is 113 Å². The number of nitrogens with one attached hydrogen (secondary N) is 1. The average molecular weight is 266 g/mol. The molecule has 0 atom stereocenters. The fraction of sp³-hybridized carbons (Fsp3) is 0.667. The predicted molar refractivity (Wildman–Crippen MR) is 74.5 cm³/mol. The number of hydrogen-bond acceptors (Lipinski definition) is 7. The summed E-state index contributed by atoms with van der Waals surface area (Å²) in [4.78, 5) is 10.9. The van der Waals surface area contributed by atoms with Crippen LogP contribution in [0.4, 0.5) is 11.6 Å². The molecule has 2 rings (SSSR count). The lowest BCUT2D eigenvalue weighted by atomic mass is 10.4. The summed E-state index contributed by atoms with van der Waals surface area (Å²) in [5.74, 6) is 1.80. The zero-order valence-corrected chi connectivity index (χ0v) is 11.6. The van der Waals surface area contributed by atoms with Gasteiger partial charge in [-0.3, -0.25) is 0 Å². The zero-order valence-electron chi connectivity index (χ0n) is 11.6. The minimum absolute atomic E-state index is 0.388. The van der Waals surface area contributed by atoms with E-state index in [1.165, 1.54) is 0 Å². The Bertz CT molecular complexity index is 405. The molecule has 19 heavy (non-hydrogen) atoms. The molecule has 0 unspecified atom stereocenters. The molecule has 7 nitrogen and oxygen atoms in total. The van der Waals surface area contributed by atoms with Crippen LogP contribution in [-0.2, 0) is 11.3 Å². The number of piperazine rings is 1. The van der Waals surface area contributed by atoms with Crippen LogP contribution in [0.25, 0.3) is 0 Å². The molecule has 7 heteroatoms. The number of rotatable bonds is 5. The molecule has 1 fully saturated rings. The van der Waals surface area contributed by atoms with Gasteiger partial charge in [0.05, 0.1) is 0 Å². The van der Waals surface area contributed by atoms with Gasteiger partial charge in [0.25, 0.3) is 0 Å². The zero-order chi connectivity index (χ0) is 13.7. The SMILES string of the molecule is CCOCc1nc(N)cc(NN2CCN(C)CC2)n1. The molecule has 1 aromatic heterocycles. The van der Waals surface area contributed by atoms with Gasteiger partial charge in [0, 0.05) is 38.9 Å². The molecule has 0 spiro atoms. The van der Waals surface area contributed by atoms with E-state index < -0.39 is 0 Å². The van der Waals surface area contributed by atoms with Gasteiger partial charge in [0.15, 0.2) is 5.82 Å². The highest BCUT2D eigenvalue weighted by atomic mass is 16.5. The van der Waals surface area contributed by atoms with Gasteiger partial charge in [-0.05, 0) is 14.0 Å². The Morgan fingerprint density at radius 2 is 2.05 bits per heavy atom. The second kappa shape index (κ2) is 6.65. The largest absolute Gasteiger partial charge is 0.384 e. The smallest absolute Gasteiger partial charge is 0.158 e. The number of nitrogens with two attached hydrogens (primary N) is 1. The molecule has 106 valence electrons. The predicted octanol–water partition coefficient (Wildman–Crippen LogP) is 0.170. The molecule has 1 aromatic rings. The van der Waals surface area contributed by atoms with Crippen LogP contribution in [0, 0.1) is 0 Å². The van der Waals surface area contributed by atoms with E-state index in [2.05, 4.69) is 32.4 Å². The number of ether oxygens (including phenoxy) is 1. The van der Waals surface area contributed by atoms with Gasteiger partial charge in [-0.15, -0.1) is 0 Å². The first kappa shape index (κ1) is 14.0. The number of aromatic nitrogens is 2. The summed E-state index contributed by atoms with van der Waals surface area (Å²) in [7, 11) is 2.13. The molecule has 3 N–H and O–H groups in total. The maximum atomic E-state index is 5.78. The molecule has 1 saturated heterocycles. The number of hydrazine groups is 1. The second-order valence-electron chi connectivity index (χ2n) is 4.63. The van der Waals surface area contributed by atoms with Crippen molar-refractivity contribution in [3.63, 3.8) is 0 Å². The first-order valence-electron chi connectivity index (χ1n) is 6.58. The summed E-state index contributed by atoms with van der Waals surface area (Å²) >= 11 is 0. The summed E-state index contributed by atoms with van der Waals surface area (Å²) in [6.45, 7) is 6.97. The van der Waals surface area contributed by atoms with E-state index >= 15 is 0 Å². The van der Waals surface area contributed by atoms with Gasteiger partial charge in [-0.2, -0.15) is 0 Å². The van der Waals surface area contributed by atoms with Crippen molar-refractivity contribution < 1.29 is 4.74 Å². The van der Waals surface area contributed by atoms with Crippen LogP contribution >= 0.6 is 0 Å². The minimum atomic E-state index is 0.388. The van der Waals surface area contributed by atoms with Crippen LogP contribution in [0.3, 0.4) is 0 Å². The highest BCUT2D eigenvalue weighted by Crippen LogP contribution is 2.11. The molecule has 1 aliphatic rings. The van der Waals surface area contributed by atoms with Crippen molar-refractivity contribution in [2.24, 2.45) is 0 Å². The molecule has 0 aliphatic carbocycles. The van der Waals surface area contributed by atoms with Crippen molar-refractivity contribution in [1.82, 2.24) is 19.9 Å². The number of nitrogen functional groups attached to an aromatic ring is 1. The minimum Gasteiger partial charge on any atom is -0.384 e. The topological polar surface area (TPSA) is 79.5 Å². The van der Waals surface area contributed by atoms with Gasteiger partial charge in [0.1, 0.15) is 18.2 Å². The third kappa shape index (κ3) is 4.30. The highest BCUT2D eigenvalue weighted by Gasteiger charge is 2.14. The van der Waals surface area contributed by atoms with Gasteiger partial charge in [-0.25, -0.2) is 15.0 Å². The fourth-order valence-electron chi connectivity index (χ4n) is 1.91. The van der Waals surface area contributed by atoms with Crippen molar-refractivity contribution in [2.75, 3.05) is 51.0 Å². The maximum Gasteiger partial charge on any atom is 0.158 e. The normalized spacial score (nSPS) is 17.6. The van der Waals surface area contributed by atoms with Gasteiger partial charge in [0.2, 0.25) is 0 Å². The summed E-state index contributed by atoms with van der Waals surface area (Å²) < 4.78 is 5.30. The molecule has 2 heterocycles. The average Bonchev–Trinajstić information content (AvgIpc) is 2.38. The summed E-state index contributed by atoms with van der Waals surface area (Å²) in [5, 5.41) is 2.15. The number of nitrogens with zero attached hydrogens (tertiary/aromatic N) is 4. The molecule has 0 aromatic carbocycles. The van der Waals surface area contributed by atoms with Gasteiger partial charge >= 0.3 is 0 Å². The molecular weight excluding hydrogens is 244 g/mol. The molecule has 0 amide bonds. The first-order chi connectivity index (χ1) is 9.17. The van der Waals surface area contributed by atoms with Crippen LogP contribution in [0.2, 0.25) is 0 Å². The van der Waals surface area contributed by atoms with E-state index in [1.807, 2.05) is 6.92 Å².